The van der Waals surface area contributed by atoms with Crippen LogP contribution in [-0.2, 0) is 17.9 Å². The van der Waals surface area contributed by atoms with Gasteiger partial charge in [-0.15, -0.1) is 0 Å². The van der Waals surface area contributed by atoms with Crippen molar-refractivity contribution in [3.63, 3.8) is 0 Å². The van der Waals surface area contributed by atoms with Gasteiger partial charge >= 0.3 is 0 Å². The molecule has 4 nitrogen and oxygen atoms in total. The van der Waals surface area contributed by atoms with E-state index in [4.69, 9.17) is 11.6 Å². The lowest BCUT2D eigenvalue weighted by atomic mass is 10.1. The maximum absolute atomic E-state index is 12.8. The lowest BCUT2D eigenvalue weighted by Gasteiger charge is -2.22. The lowest BCUT2D eigenvalue weighted by molar-refractivity contribution is -0.128. The van der Waals surface area contributed by atoms with Crippen LogP contribution < -0.4 is 0 Å². The van der Waals surface area contributed by atoms with Crippen LogP contribution in [0.4, 0.5) is 0 Å². The highest BCUT2D eigenvalue weighted by atomic mass is 35.5. The quantitative estimate of drug-likeness (QED) is 0.767. The third-order valence-corrected chi connectivity index (χ3v) is 5.10. The highest BCUT2D eigenvalue weighted by molar-refractivity contribution is 6.31. The van der Waals surface area contributed by atoms with Crippen molar-refractivity contribution in [3.05, 3.63) is 70.2 Å². The minimum Gasteiger partial charge on any atom is -0.338 e. The average Bonchev–Trinajstić information content (AvgIpc) is 3.06. The number of hydrogen-bond acceptors (Lipinski definition) is 2. The van der Waals surface area contributed by atoms with Crippen LogP contribution in [0.25, 0.3) is 0 Å². The molecule has 1 saturated heterocycles. The zero-order chi connectivity index (χ0) is 18.5. The van der Waals surface area contributed by atoms with E-state index in [0.29, 0.717) is 36.6 Å². The van der Waals surface area contributed by atoms with Gasteiger partial charge in [0.2, 0.25) is 5.91 Å². The summed E-state index contributed by atoms with van der Waals surface area (Å²) in [5.41, 5.74) is 2.63. The van der Waals surface area contributed by atoms with Crippen molar-refractivity contribution in [2.45, 2.75) is 32.9 Å². The lowest BCUT2D eigenvalue weighted by Crippen LogP contribution is -2.30. The van der Waals surface area contributed by atoms with Gasteiger partial charge < -0.3 is 9.80 Å². The third-order valence-electron chi connectivity index (χ3n) is 4.73. The zero-order valence-electron chi connectivity index (χ0n) is 15.0. The largest absolute Gasteiger partial charge is 0.338 e. The minimum absolute atomic E-state index is 0.0174. The second-order valence-electron chi connectivity index (χ2n) is 6.53. The smallest absolute Gasteiger partial charge is 0.254 e. The Morgan fingerprint density at radius 3 is 2.50 bits per heavy atom. The molecule has 0 unspecified atom stereocenters. The average molecular weight is 371 g/mol. The molecule has 136 valence electrons. The first-order valence-electron chi connectivity index (χ1n) is 8.98. The fourth-order valence-electron chi connectivity index (χ4n) is 3.19. The van der Waals surface area contributed by atoms with Gasteiger partial charge in [0, 0.05) is 43.2 Å². The molecular formula is C21H23ClN2O2. The fourth-order valence-corrected chi connectivity index (χ4v) is 3.38. The molecule has 0 saturated carbocycles. The van der Waals surface area contributed by atoms with Crippen LogP contribution in [0, 0.1) is 0 Å². The monoisotopic (exact) mass is 370 g/mol. The Morgan fingerprint density at radius 1 is 1.15 bits per heavy atom. The SMILES string of the molecule is CCN(Cc1ccccc1Cl)C(=O)c1ccc(CN2CCCC2=O)cc1. The predicted molar refractivity (Wildman–Crippen MR) is 103 cm³/mol. The molecule has 2 aromatic carbocycles. The molecule has 0 aromatic heterocycles. The molecule has 0 bridgehead atoms. The number of likely N-dealkylation sites (tertiary alicyclic amines) is 1. The van der Waals surface area contributed by atoms with Crippen molar-refractivity contribution in [1.82, 2.24) is 9.80 Å². The van der Waals surface area contributed by atoms with E-state index < -0.39 is 0 Å². The van der Waals surface area contributed by atoms with Crippen molar-refractivity contribution in [2.24, 2.45) is 0 Å². The minimum atomic E-state index is -0.0174. The van der Waals surface area contributed by atoms with Gasteiger partial charge in [-0.1, -0.05) is 41.9 Å². The van der Waals surface area contributed by atoms with Crippen molar-refractivity contribution >= 4 is 23.4 Å². The Balaban J connectivity index is 1.67. The maximum atomic E-state index is 12.8. The van der Waals surface area contributed by atoms with E-state index in [9.17, 15) is 9.59 Å². The molecule has 0 spiro atoms. The molecule has 2 amide bonds. The Bertz CT molecular complexity index is 789. The molecule has 0 atom stereocenters. The topological polar surface area (TPSA) is 40.6 Å². The summed E-state index contributed by atoms with van der Waals surface area (Å²) in [5.74, 6) is 0.193. The molecule has 2 aromatic rings. The summed E-state index contributed by atoms with van der Waals surface area (Å²) in [7, 11) is 0. The normalized spacial score (nSPS) is 13.9. The summed E-state index contributed by atoms with van der Waals surface area (Å²) < 4.78 is 0. The summed E-state index contributed by atoms with van der Waals surface area (Å²) in [6.45, 7) is 4.49. The van der Waals surface area contributed by atoms with Crippen LogP contribution in [0.3, 0.4) is 0 Å². The van der Waals surface area contributed by atoms with E-state index in [1.165, 1.54) is 0 Å². The number of rotatable bonds is 6. The molecule has 1 aliphatic rings. The number of carbonyl (C=O) groups excluding carboxylic acids is 2. The number of hydrogen-bond donors (Lipinski definition) is 0. The van der Waals surface area contributed by atoms with Gasteiger partial charge in [0.25, 0.3) is 5.91 Å². The number of carbonyl (C=O) groups is 2. The molecule has 5 heteroatoms. The Labute approximate surface area is 159 Å². The molecule has 1 heterocycles. The van der Waals surface area contributed by atoms with Crippen LogP contribution in [0.1, 0.15) is 41.3 Å². The van der Waals surface area contributed by atoms with E-state index in [1.807, 2.05) is 60.4 Å². The molecule has 1 aliphatic heterocycles. The van der Waals surface area contributed by atoms with Gasteiger partial charge in [-0.2, -0.15) is 0 Å². The van der Waals surface area contributed by atoms with Gasteiger partial charge in [0.15, 0.2) is 0 Å². The molecule has 1 fully saturated rings. The van der Waals surface area contributed by atoms with Gasteiger partial charge in [0.05, 0.1) is 0 Å². The standard InChI is InChI=1S/C21H23ClN2O2/c1-2-23(15-18-6-3-4-7-19(18)22)21(26)17-11-9-16(10-12-17)14-24-13-5-8-20(24)25/h3-4,6-7,9-12H,2,5,8,13-15H2,1H3. The van der Waals surface area contributed by atoms with Crippen LogP contribution in [-0.4, -0.2) is 34.7 Å². The molecule has 3 rings (SSSR count). The van der Waals surface area contributed by atoms with E-state index in [0.717, 1.165) is 24.1 Å². The highest BCUT2D eigenvalue weighted by Crippen LogP contribution is 2.19. The number of halogens is 1. The number of benzene rings is 2. The predicted octanol–water partition coefficient (Wildman–Crippen LogP) is 4.12. The first-order valence-corrected chi connectivity index (χ1v) is 9.35. The molecule has 0 N–H and O–H groups in total. The van der Waals surface area contributed by atoms with Gasteiger partial charge in [-0.3, -0.25) is 9.59 Å². The Morgan fingerprint density at radius 2 is 1.88 bits per heavy atom. The summed E-state index contributed by atoms with van der Waals surface area (Å²) in [5, 5.41) is 0.671. The van der Waals surface area contributed by atoms with Gasteiger partial charge in [-0.05, 0) is 42.7 Å². The van der Waals surface area contributed by atoms with Crippen LogP contribution in [0.15, 0.2) is 48.5 Å². The van der Waals surface area contributed by atoms with Crippen LogP contribution in [0.5, 0.6) is 0 Å². The number of nitrogens with zero attached hydrogens (tertiary/aromatic N) is 2. The zero-order valence-corrected chi connectivity index (χ0v) is 15.7. The molecule has 26 heavy (non-hydrogen) atoms. The second kappa shape index (κ2) is 8.37. The van der Waals surface area contributed by atoms with Gasteiger partial charge in [-0.25, -0.2) is 0 Å². The first-order chi connectivity index (χ1) is 12.6. The molecule has 0 aliphatic carbocycles. The third kappa shape index (κ3) is 4.25. The number of amides is 2. The van der Waals surface area contributed by atoms with Crippen molar-refractivity contribution < 1.29 is 9.59 Å². The van der Waals surface area contributed by atoms with Gasteiger partial charge in [0.1, 0.15) is 0 Å². The summed E-state index contributed by atoms with van der Waals surface area (Å²) >= 11 is 6.22. The maximum Gasteiger partial charge on any atom is 0.254 e. The second-order valence-corrected chi connectivity index (χ2v) is 6.93. The Kier molecular flexibility index (Phi) is 5.94. The van der Waals surface area contributed by atoms with Crippen molar-refractivity contribution in [3.8, 4) is 0 Å². The van der Waals surface area contributed by atoms with E-state index in [2.05, 4.69) is 0 Å². The van der Waals surface area contributed by atoms with Crippen LogP contribution >= 0.6 is 11.6 Å². The van der Waals surface area contributed by atoms with E-state index in [1.54, 1.807) is 4.90 Å². The highest BCUT2D eigenvalue weighted by Gasteiger charge is 2.20. The first kappa shape index (κ1) is 18.5. The van der Waals surface area contributed by atoms with Crippen molar-refractivity contribution in [2.75, 3.05) is 13.1 Å². The Hall–Kier alpha value is -2.33. The summed E-state index contributed by atoms with van der Waals surface area (Å²) in [6.07, 6.45) is 1.58. The summed E-state index contributed by atoms with van der Waals surface area (Å²) in [4.78, 5) is 28.2. The molecule has 0 radical (unpaired) electrons. The fraction of sp³-hybridized carbons (Fsp3) is 0.333. The summed E-state index contributed by atoms with van der Waals surface area (Å²) in [6, 6.07) is 15.1. The van der Waals surface area contributed by atoms with E-state index >= 15 is 0 Å². The van der Waals surface area contributed by atoms with Crippen molar-refractivity contribution in [1.29, 1.82) is 0 Å². The van der Waals surface area contributed by atoms with Crippen LogP contribution in [0.2, 0.25) is 5.02 Å². The molecular weight excluding hydrogens is 348 g/mol. The van der Waals surface area contributed by atoms with E-state index in [-0.39, 0.29) is 11.8 Å².